The third-order valence-corrected chi connectivity index (χ3v) is 7.42. The van der Waals surface area contributed by atoms with E-state index < -0.39 is 5.91 Å². The molecule has 3 heterocycles. The molecule has 0 bridgehead atoms. The highest BCUT2D eigenvalue weighted by molar-refractivity contribution is 6.09. The highest BCUT2D eigenvalue weighted by Gasteiger charge is 2.26. The fraction of sp³-hybridized carbons (Fsp3) is 0.429. The van der Waals surface area contributed by atoms with E-state index in [1.165, 1.54) is 5.56 Å². The number of nitrogens with two attached hydrogens (primary N) is 1. The summed E-state index contributed by atoms with van der Waals surface area (Å²) in [5.41, 5.74) is 9.39. The Morgan fingerprint density at radius 1 is 0.943 bits per heavy atom. The first-order valence-electron chi connectivity index (χ1n) is 12.7. The van der Waals surface area contributed by atoms with E-state index in [0.29, 0.717) is 17.9 Å². The summed E-state index contributed by atoms with van der Waals surface area (Å²) in [6.45, 7) is 5.64. The Kier molecular flexibility index (Phi) is 7.16. The zero-order valence-electron chi connectivity index (χ0n) is 20.2. The van der Waals surface area contributed by atoms with Gasteiger partial charge in [-0.25, -0.2) is 0 Å². The predicted octanol–water partition coefficient (Wildman–Crippen LogP) is 3.56. The molecule has 1 aromatic heterocycles. The highest BCUT2D eigenvalue weighted by Crippen LogP contribution is 2.35. The fourth-order valence-corrected chi connectivity index (χ4v) is 5.47. The topological polar surface area (TPSA) is 80.8 Å². The lowest BCUT2D eigenvalue weighted by Gasteiger charge is -2.35. The molecule has 0 aliphatic carbocycles. The van der Waals surface area contributed by atoms with Gasteiger partial charge in [0.05, 0.1) is 30.0 Å². The number of aromatic nitrogens is 1. The Balaban J connectivity index is 1.33. The van der Waals surface area contributed by atoms with Gasteiger partial charge >= 0.3 is 0 Å². The van der Waals surface area contributed by atoms with Crippen molar-refractivity contribution < 1.29 is 14.3 Å². The number of nitrogens with zero attached hydrogens (tertiary/aromatic N) is 3. The molecule has 0 spiro atoms. The minimum atomic E-state index is -0.431. The Bertz CT molecular complexity index is 1180. The molecule has 0 radical (unpaired) electrons. The van der Waals surface area contributed by atoms with E-state index in [-0.39, 0.29) is 5.91 Å². The number of fused-ring (bicyclic) bond motifs is 1. The van der Waals surface area contributed by atoms with Crippen LogP contribution in [0.3, 0.4) is 0 Å². The van der Waals surface area contributed by atoms with Gasteiger partial charge in [0.15, 0.2) is 0 Å². The largest absolute Gasteiger partial charge is 0.379 e. The third kappa shape index (κ3) is 5.26. The summed E-state index contributed by atoms with van der Waals surface area (Å²) in [6.07, 6.45) is 5.48. The van der Waals surface area contributed by atoms with Crippen molar-refractivity contribution in [2.24, 2.45) is 11.7 Å². The first-order valence-corrected chi connectivity index (χ1v) is 12.7. The molecular formula is C28H34N4O3. The molecule has 0 atom stereocenters. The molecule has 7 heteroatoms. The van der Waals surface area contributed by atoms with Crippen molar-refractivity contribution in [2.45, 2.75) is 25.7 Å². The molecule has 2 aliphatic rings. The number of morpholine rings is 1. The quantitative estimate of drug-likeness (QED) is 0.566. The zero-order chi connectivity index (χ0) is 24.2. The summed E-state index contributed by atoms with van der Waals surface area (Å²) in [6, 6.07) is 16.2. The van der Waals surface area contributed by atoms with Gasteiger partial charge < -0.3 is 15.4 Å². The molecule has 2 aromatic carbocycles. The summed E-state index contributed by atoms with van der Waals surface area (Å²) in [4.78, 5) is 30.0. The molecule has 2 N–H and O–H groups in total. The molecule has 3 aromatic rings. The number of amides is 1. The summed E-state index contributed by atoms with van der Waals surface area (Å²) in [7, 11) is 0. The third-order valence-electron chi connectivity index (χ3n) is 7.42. The van der Waals surface area contributed by atoms with E-state index in [2.05, 4.69) is 40.1 Å². The summed E-state index contributed by atoms with van der Waals surface area (Å²) >= 11 is 0. The molecule has 7 nitrogen and oxygen atoms in total. The second-order valence-corrected chi connectivity index (χ2v) is 9.66. The Hall–Kier alpha value is -3.16. The molecule has 5 rings (SSSR count). The normalized spacial score (nSPS) is 17.7. The minimum Gasteiger partial charge on any atom is -0.379 e. The van der Waals surface area contributed by atoms with Gasteiger partial charge in [0.25, 0.3) is 5.91 Å². The monoisotopic (exact) mass is 474 g/mol. The number of rotatable bonds is 7. The van der Waals surface area contributed by atoms with Gasteiger partial charge in [-0.05, 0) is 48.9 Å². The number of piperidine rings is 1. The van der Waals surface area contributed by atoms with Crippen LogP contribution in [-0.4, -0.2) is 67.2 Å². The van der Waals surface area contributed by atoms with E-state index in [4.69, 9.17) is 10.5 Å². The second-order valence-electron chi connectivity index (χ2n) is 9.66. The van der Waals surface area contributed by atoms with Gasteiger partial charge in [-0.1, -0.05) is 30.3 Å². The zero-order valence-corrected chi connectivity index (χ0v) is 20.2. The molecule has 0 saturated carbocycles. The van der Waals surface area contributed by atoms with Gasteiger partial charge in [0.2, 0.25) is 5.91 Å². The van der Waals surface area contributed by atoms with Crippen LogP contribution >= 0.6 is 0 Å². The van der Waals surface area contributed by atoms with E-state index >= 15 is 0 Å². The maximum absolute atomic E-state index is 13.1. The van der Waals surface area contributed by atoms with Crippen LogP contribution in [0.15, 0.2) is 54.7 Å². The van der Waals surface area contributed by atoms with Crippen molar-refractivity contribution >= 4 is 28.4 Å². The standard InChI is InChI=1S/C28H34N4O3/c29-28(34)24-6-7-25-23(10-15-32(25)26(33)11-12-30-16-18-35-19-17-30)27(24)31-13-8-22(9-14-31)20-21-4-2-1-3-5-21/h1-7,10,15,22H,8-9,11-14,16-20H2,(H2,29,34). The minimum absolute atomic E-state index is 0.0610. The lowest BCUT2D eigenvalue weighted by molar-refractivity contribution is 0.0364. The maximum atomic E-state index is 13.1. The first kappa shape index (κ1) is 23.6. The van der Waals surface area contributed by atoms with Crippen molar-refractivity contribution in [2.75, 3.05) is 50.8 Å². The molecule has 2 aliphatic heterocycles. The summed E-state index contributed by atoms with van der Waals surface area (Å²) in [5.74, 6) is 0.252. The van der Waals surface area contributed by atoms with E-state index in [1.807, 2.05) is 18.3 Å². The summed E-state index contributed by atoms with van der Waals surface area (Å²) in [5, 5.41) is 0.919. The SMILES string of the molecule is NC(=O)c1ccc2c(ccn2C(=O)CCN2CCOCC2)c1N1CCC(Cc2ccccc2)CC1. The number of hydrogen-bond acceptors (Lipinski definition) is 5. The van der Waals surface area contributed by atoms with Crippen molar-refractivity contribution in [3.63, 3.8) is 0 Å². The summed E-state index contributed by atoms with van der Waals surface area (Å²) < 4.78 is 7.13. The molecule has 1 amide bonds. The molecule has 184 valence electrons. The van der Waals surface area contributed by atoms with Gasteiger partial charge in [-0.2, -0.15) is 0 Å². The molecule has 35 heavy (non-hydrogen) atoms. The maximum Gasteiger partial charge on any atom is 0.250 e. The number of hydrogen-bond donors (Lipinski definition) is 1. The Morgan fingerprint density at radius 3 is 2.40 bits per heavy atom. The van der Waals surface area contributed by atoms with Crippen molar-refractivity contribution in [3.05, 3.63) is 65.9 Å². The number of carbonyl (C=O) groups excluding carboxylic acids is 2. The Morgan fingerprint density at radius 2 is 1.69 bits per heavy atom. The first-order chi connectivity index (χ1) is 17.1. The molecule has 2 fully saturated rings. The van der Waals surface area contributed by atoms with Crippen LogP contribution in [0.25, 0.3) is 10.9 Å². The van der Waals surface area contributed by atoms with Crippen LogP contribution in [0, 0.1) is 5.92 Å². The predicted molar refractivity (Wildman–Crippen MR) is 138 cm³/mol. The van der Waals surface area contributed by atoms with Crippen LogP contribution in [0.5, 0.6) is 0 Å². The van der Waals surface area contributed by atoms with Gasteiger partial charge in [0.1, 0.15) is 0 Å². The lowest BCUT2D eigenvalue weighted by Crippen LogP contribution is -2.37. The highest BCUT2D eigenvalue weighted by atomic mass is 16.5. The molecular weight excluding hydrogens is 440 g/mol. The number of benzene rings is 2. The van der Waals surface area contributed by atoms with E-state index in [1.54, 1.807) is 10.6 Å². The van der Waals surface area contributed by atoms with Gasteiger partial charge in [-0.15, -0.1) is 0 Å². The second kappa shape index (κ2) is 10.6. The van der Waals surface area contributed by atoms with Crippen molar-refractivity contribution in [1.82, 2.24) is 9.47 Å². The average molecular weight is 475 g/mol. The van der Waals surface area contributed by atoms with Crippen molar-refractivity contribution in [3.8, 4) is 0 Å². The van der Waals surface area contributed by atoms with Gasteiger partial charge in [-0.3, -0.25) is 19.1 Å². The van der Waals surface area contributed by atoms with Gasteiger partial charge in [0, 0.05) is 50.7 Å². The van der Waals surface area contributed by atoms with Crippen molar-refractivity contribution in [1.29, 1.82) is 0 Å². The lowest BCUT2D eigenvalue weighted by atomic mass is 9.89. The molecule has 2 saturated heterocycles. The van der Waals surface area contributed by atoms with Crippen LogP contribution in [0.1, 0.15) is 40.0 Å². The molecule has 0 unspecified atom stereocenters. The number of carbonyl (C=O) groups is 2. The van der Waals surface area contributed by atoms with Crippen LogP contribution < -0.4 is 10.6 Å². The average Bonchev–Trinajstić information content (AvgIpc) is 3.33. The number of anilines is 1. The smallest absolute Gasteiger partial charge is 0.250 e. The van der Waals surface area contributed by atoms with Crippen LogP contribution in [0.4, 0.5) is 5.69 Å². The number of primary amides is 1. The number of ether oxygens (including phenoxy) is 1. The van der Waals surface area contributed by atoms with Crippen LogP contribution in [-0.2, 0) is 11.2 Å². The van der Waals surface area contributed by atoms with E-state index in [9.17, 15) is 9.59 Å². The Labute approximate surface area is 206 Å². The fourth-order valence-electron chi connectivity index (χ4n) is 5.47. The van der Waals surface area contributed by atoms with Crippen LogP contribution in [0.2, 0.25) is 0 Å². The van der Waals surface area contributed by atoms with E-state index in [0.717, 1.165) is 81.8 Å².